The van der Waals surface area contributed by atoms with Crippen molar-refractivity contribution >= 4 is 17.5 Å². The van der Waals surface area contributed by atoms with Crippen LogP contribution in [-0.4, -0.2) is 82.1 Å². The highest BCUT2D eigenvalue weighted by molar-refractivity contribution is 6.25. The fraction of sp³-hybridized carbons (Fsp3) is 0.286. The molecule has 13 heteroatoms. The molecule has 0 unspecified atom stereocenters. The monoisotopic (exact) mass is 654 g/mol. The highest BCUT2D eigenvalue weighted by atomic mass is 16.7. The Kier molecular flexibility index (Phi) is 6.36. The van der Waals surface area contributed by atoms with Crippen molar-refractivity contribution in [3.8, 4) is 51.0 Å². The van der Waals surface area contributed by atoms with Crippen LogP contribution in [-0.2, 0) is 16.0 Å². The minimum atomic E-state index is -2.74. The van der Waals surface area contributed by atoms with Crippen LogP contribution in [0.5, 0.6) is 28.7 Å². The molecule has 0 fully saturated rings. The van der Waals surface area contributed by atoms with E-state index in [1.54, 1.807) is 50.5 Å². The van der Waals surface area contributed by atoms with Crippen LogP contribution in [0.2, 0.25) is 0 Å². The predicted octanol–water partition coefficient (Wildman–Crippen LogP) is 2.91. The Bertz CT molecular complexity index is 2070. The van der Waals surface area contributed by atoms with E-state index in [1.165, 1.54) is 4.90 Å². The molecule has 2 aliphatic heterocycles. The SMILES string of the molecule is CN(C)[C@H]1C(O)=C(C(N)=O)C(=O)[C@]2(O)C(O)=C3C(=O)c4c(O)c(-c5ccc6c(c5)OCO6)cc(-c5ccc6c(c5)OCO6)c4C[C@@H]3C[C@H]12. The van der Waals surface area contributed by atoms with Gasteiger partial charge in [0.25, 0.3) is 5.91 Å². The molecule has 3 aromatic carbocycles. The largest absolute Gasteiger partial charge is 0.510 e. The molecule has 13 nitrogen and oxygen atoms in total. The van der Waals surface area contributed by atoms with Crippen molar-refractivity contribution in [1.29, 1.82) is 0 Å². The number of aliphatic hydroxyl groups excluding tert-OH is 2. The Morgan fingerprint density at radius 2 is 1.46 bits per heavy atom. The van der Waals surface area contributed by atoms with E-state index in [1.807, 2.05) is 6.07 Å². The summed E-state index contributed by atoms with van der Waals surface area (Å²) in [5.41, 5.74) is 4.04. The third-order valence-corrected chi connectivity index (χ3v) is 10.1. The van der Waals surface area contributed by atoms with E-state index < -0.39 is 58.0 Å². The molecule has 5 aliphatic rings. The molecule has 0 saturated heterocycles. The van der Waals surface area contributed by atoms with Gasteiger partial charge in [-0.3, -0.25) is 19.3 Å². The summed E-state index contributed by atoms with van der Waals surface area (Å²) < 4.78 is 22.1. The number of aromatic hydroxyl groups is 1. The van der Waals surface area contributed by atoms with Crippen molar-refractivity contribution < 1.29 is 53.8 Å². The molecule has 0 bridgehead atoms. The molecule has 3 aliphatic carbocycles. The molecule has 6 N–H and O–H groups in total. The highest BCUT2D eigenvalue weighted by Gasteiger charge is 2.63. The van der Waals surface area contributed by atoms with Crippen molar-refractivity contribution in [3.05, 3.63) is 76.3 Å². The van der Waals surface area contributed by atoms with E-state index in [-0.39, 0.29) is 48.9 Å². The Labute approximate surface area is 273 Å². The number of Topliss-reactive ketones (excluding diaryl/α,β-unsaturated/α-hetero) is 2. The molecule has 0 spiro atoms. The zero-order chi connectivity index (χ0) is 33.8. The first-order valence-corrected chi connectivity index (χ1v) is 15.3. The fourth-order valence-electron chi connectivity index (χ4n) is 7.92. The summed E-state index contributed by atoms with van der Waals surface area (Å²) in [6.07, 6.45) is 0.0876. The molecular formula is C35H30N2O11. The molecule has 48 heavy (non-hydrogen) atoms. The van der Waals surface area contributed by atoms with Gasteiger partial charge in [-0.15, -0.1) is 0 Å². The molecule has 1 amide bonds. The van der Waals surface area contributed by atoms with Gasteiger partial charge in [0.15, 0.2) is 34.4 Å². The van der Waals surface area contributed by atoms with E-state index >= 15 is 0 Å². The Morgan fingerprint density at radius 3 is 2.04 bits per heavy atom. The fourth-order valence-corrected chi connectivity index (χ4v) is 7.92. The normalized spacial score (nSPS) is 25.3. The quantitative estimate of drug-likeness (QED) is 0.258. The number of rotatable bonds is 4. The van der Waals surface area contributed by atoms with Crippen LogP contribution in [0.1, 0.15) is 22.3 Å². The van der Waals surface area contributed by atoms with E-state index in [9.17, 15) is 34.8 Å². The van der Waals surface area contributed by atoms with Crippen molar-refractivity contribution in [2.45, 2.75) is 24.5 Å². The van der Waals surface area contributed by atoms with Crippen LogP contribution in [0, 0.1) is 11.8 Å². The van der Waals surface area contributed by atoms with Crippen LogP contribution in [0.15, 0.2) is 65.1 Å². The van der Waals surface area contributed by atoms with Gasteiger partial charge in [0.05, 0.1) is 11.6 Å². The standard InChI is InChI=1S/C35H30N2O11/c1-37(2)28-20-8-16-7-19-17(14-3-5-21-23(9-14)47-12-45-21)11-18(15-4-6-22-24(10-15)48-13-46-22)29(38)26(19)30(39)25(16)32(41)35(20,44)33(42)27(31(28)40)34(36)43/h3-6,9-11,16,20,28,38,40-41,44H,7-8,12-13H2,1-2H3,(H2,36,43)/t16-,20-,28-,35-/m1/s1. The Hall–Kier alpha value is -5.53. The number of carbonyl (C=O) groups excluding carboxylic acids is 3. The third kappa shape index (κ3) is 3.94. The predicted molar refractivity (Wildman–Crippen MR) is 167 cm³/mol. The smallest absolute Gasteiger partial charge is 0.255 e. The Morgan fingerprint density at radius 1 is 0.875 bits per heavy atom. The topological polar surface area (TPSA) is 198 Å². The molecule has 0 saturated carbocycles. The number of benzene rings is 3. The number of hydrogen-bond acceptors (Lipinski definition) is 12. The molecule has 4 atom stereocenters. The summed E-state index contributed by atoms with van der Waals surface area (Å²) >= 11 is 0. The lowest BCUT2D eigenvalue weighted by Crippen LogP contribution is -2.63. The summed E-state index contributed by atoms with van der Waals surface area (Å²) in [4.78, 5) is 42.1. The highest BCUT2D eigenvalue weighted by Crippen LogP contribution is 2.55. The Balaban J connectivity index is 1.35. The summed E-state index contributed by atoms with van der Waals surface area (Å²) in [7, 11) is 3.17. The second-order valence-corrected chi connectivity index (χ2v) is 12.8. The van der Waals surface area contributed by atoms with E-state index in [0.29, 0.717) is 45.3 Å². The number of nitrogens with two attached hydrogens (primary N) is 1. The number of aliphatic hydroxyl groups is 3. The first-order valence-electron chi connectivity index (χ1n) is 15.3. The van der Waals surface area contributed by atoms with Crippen LogP contribution in [0.3, 0.4) is 0 Å². The zero-order valence-electron chi connectivity index (χ0n) is 25.8. The van der Waals surface area contributed by atoms with E-state index in [4.69, 9.17) is 24.7 Å². The summed E-state index contributed by atoms with van der Waals surface area (Å²) in [6.45, 7) is 0.0875. The van der Waals surface area contributed by atoms with Gasteiger partial charge < -0.3 is 45.1 Å². The minimum absolute atomic E-state index is 0.0307. The number of hydrogen-bond donors (Lipinski definition) is 5. The van der Waals surface area contributed by atoms with Gasteiger partial charge in [-0.1, -0.05) is 12.1 Å². The number of carbonyl (C=O) groups is 3. The number of nitrogens with zero attached hydrogens (tertiary/aromatic N) is 1. The van der Waals surface area contributed by atoms with Gasteiger partial charge in [0, 0.05) is 17.1 Å². The second-order valence-electron chi connectivity index (χ2n) is 12.8. The van der Waals surface area contributed by atoms with Crippen molar-refractivity contribution in [2.75, 3.05) is 27.7 Å². The lowest BCUT2D eigenvalue weighted by atomic mass is 9.58. The first kappa shape index (κ1) is 29.8. The van der Waals surface area contributed by atoms with Gasteiger partial charge >= 0.3 is 0 Å². The van der Waals surface area contributed by atoms with Crippen LogP contribution in [0.4, 0.5) is 0 Å². The lowest BCUT2D eigenvalue weighted by molar-refractivity contribution is -0.148. The van der Waals surface area contributed by atoms with Crippen LogP contribution >= 0.6 is 0 Å². The molecule has 3 aromatic rings. The second kappa shape index (κ2) is 10.2. The van der Waals surface area contributed by atoms with Gasteiger partial charge in [-0.25, -0.2) is 0 Å². The maximum absolute atomic E-state index is 14.6. The lowest BCUT2D eigenvalue weighted by Gasteiger charge is -2.50. The number of ether oxygens (including phenoxy) is 4. The number of fused-ring (bicyclic) bond motifs is 5. The van der Waals surface area contributed by atoms with Crippen LogP contribution in [0.25, 0.3) is 22.3 Å². The summed E-state index contributed by atoms with van der Waals surface area (Å²) in [6, 6.07) is 11.1. The summed E-state index contributed by atoms with van der Waals surface area (Å²) in [5, 5.41) is 46.7. The van der Waals surface area contributed by atoms with Crippen molar-refractivity contribution in [1.82, 2.24) is 4.90 Å². The van der Waals surface area contributed by atoms with Crippen LogP contribution < -0.4 is 24.7 Å². The number of allylic oxidation sites excluding steroid dienone is 1. The van der Waals surface area contributed by atoms with Crippen molar-refractivity contribution in [3.63, 3.8) is 0 Å². The van der Waals surface area contributed by atoms with Gasteiger partial charge in [0.2, 0.25) is 19.4 Å². The van der Waals surface area contributed by atoms with E-state index in [0.717, 1.165) is 0 Å². The third-order valence-electron chi connectivity index (χ3n) is 10.1. The maximum atomic E-state index is 14.6. The van der Waals surface area contributed by atoms with Crippen molar-refractivity contribution in [2.24, 2.45) is 17.6 Å². The number of amides is 1. The number of phenolic OH excluding ortho intramolecular Hbond substituents is 1. The van der Waals surface area contributed by atoms with Gasteiger partial charge in [-0.05, 0) is 85.4 Å². The number of likely N-dealkylation sites (N-methyl/N-ethyl adjacent to an activating group) is 1. The average molecular weight is 655 g/mol. The average Bonchev–Trinajstić information content (AvgIpc) is 3.71. The molecule has 0 aromatic heterocycles. The molecule has 8 rings (SSSR count). The number of primary amides is 1. The minimum Gasteiger partial charge on any atom is -0.510 e. The van der Waals surface area contributed by atoms with Gasteiger partial charge in [-0.2, -0.15) is 0 Å². The molecular weight excluding hydrogens is 624 g/mol. The number of phenols is 1. The molecule has 2 heterocycles. The maximum Gasteiger partial charge on any atom is 0.255 e. The molecule has 246 valence electrons. The number of ketones is 2. The first-order chi connectivity index (χ1) is 22.9. The van der Waals surface area contributed by atoms with Gasteiger partial charge in [0.1, 0.15) is 22.8 Å². The summed E-state index contributed by atoms with van der Waals surface area (Å²) in [5.74, 6) is -5.14. The zero-order valence-corrected chi connectivity index (χ0v) is 25.8. The molecule has 0 radical (unpaired) electrons. The van der Waals surface area contributed by atoms with E-state index in [2.05, 4.69) is 0 Å².